The number of nitrogen functional groups attached to an aromatic ring is 1. The summed E-state index contributed by atoms with van der Waals surface area (Å²) < 4.78 is 14.5. The number of H-pyrrole nitrogens is 1. The molecule has 0 aliphatic heterocycles. The summed E-state index contributed by atoms with van der Waals surface area (Å²) in [7, 11) is 0. The van der Waals surface area contributed by atoms with Gasteiger partial charge in [-0.15, -0.1) is 0 Å². The highest BCUT2D eigenvalue weighted by molar-refractivity contribution is 5.96. The summed E-state index contributed by atoms with van der Waals surface area (Å²) in [5.41, 5.74) is 5.85. The summed E-state index contributed by atoms with van der Waals surface area (Å²) in [5.74, 6) is -0.476. The Morgan fingerprint density at radius 1 is 1.19 bits per heavy atom. The number of carbonyl (C=O) groups is 1. The Kier molecular flexibility index (Phi) is 8.59. The SMILES string of the molecule is CCCCn1c(N)c(N(CCC(C)C)C(=O)CC(C)c2ccc(F)cc2)c(=O)[nH]c1=O. The third kappa shape index (κ3) is 6.29. The van der Waals surface area contributed by atoms with Crippen molar-refractivity contribution in [2.75, 3.05) is 17.2 Å². The Morgan fingerprint density at radius 2 is 1.84 bits per heavy atom. The van der Waals surface area contributed by atoms with E-state index >= 15 is 0 Å². The van der Waals surface area contributed by atoms with Gasteiger partial charge in [0.1, 0.15) is 11.6 Å². The van der Waals surface area contributed by atoms with Crippen LogP contribution in [0.4, 0.5) is 15.9 Å². The lowest BCUT2D eigenvalue weighted by molar-refractivity contribution is -0.119. The van der Waals surface area contributed by atoms with Gasteiger partial charge in [-0.2, -0.15) is 0 Å². The van der Waals surface area contributed by atoms with Gasteiger partial charge in [0.25, 0.3) is 5.56 Å². The van der Waals surface area contributed by atoms with E-state index in [-0.39, 0.29) is 35.6 Å². The van der Waals surface area contributed by atoms with E-state index < -0.39 is 11.2 Å². The molecule has 7 nitrogen and oxygen atoms in total. The fraction of sp³-hybridized carbons (Fsp3) is 0.522. The minimum absolute atomic E-state index is 0.00809. The van der Waals surface area contributed by atoms with Crippen LogP contribution in [0.25, 0.3) is 0 Å². The molecule has 0 fully saturated rings. The lowest BCUT2D eigenvalue weighted by Crippen LogP contribution is -2.42. The van der Waals surface area contributed by atoms with Gasteiger partial charge in [-0.25, -0.2) is 9.18 Å². The molecule has 2 aromatic rings. The zero-order valence-corrected chi connectivity index (χ0v) is 18.8. The van der Waals surface area contributed by atoms with Gasteiger partial charge in [-0.3, -0.25) is 19.1 Å². The van der Waals surface area contributed by atoms with Crippen LogP contribution >= 0.6 is 0 Å². The van der Waals surface area contributed by atoms with Crippen LogP contribution in [0.5, 0.6) is 0 Å². The Morgan fingerprint density at radius 3 is 2.42 bits per heavy atom. The molecule has 2 rings (SSSR count). The third-order valence-corrected chi connectivity index (χ3v) is 5.37. The van der Waals surface area contributed by atoms with Crippen LogP contribution in [0.1, 0.15) is 64.9 Å². The summed E-state index contributed by atoms with van der Waals surface area (Å²) in [6.07, 6.45) is 2.36. The van der Waals surface area contributed by atoms with E-state index in [4.69, 9.17) is 5.73 Å². The van der Waals surface area contributed by atoms with Crippen molar-refractivity contribution in [2.24, 2.45) is 5.92 Å². The molecule has 31 heavy (non-hydrogen) atoms. The average Bonchev–Trinajstić information content (AvgIpc) is 2.70. The van der Waals surface area contributed by atoms with E-state index in [1.54, 1.807) is 12.1 Å². The second kappa shape index (κ2) is 10.9. The molecule has 1 amide bonds. The van der Waals surface area contributed by atoms with Crippen molar-refractivity contribution < 1.29 is 9.18 Å². The number of hydrogen-bond acceptors (Lipinski definition) is 4. The zero-order valence-electron chi connectivity index (χ0n) is 18.8. The van der Waals surface area contributed by atoms with Gasteiger partial charge in [0.15, 0.2) is 5.69 Å². The lowest BCUT2D eigenvalue weighted by Gasteiger charge is -2.26. The predicted octanol–water partition coefficient (Wildman–Crippen LogP) is 3.63. The number of amides is 1. The summed E-state index contributed by atoms with van der Waals surface area (Å²) in [6, 6.07) is 6.02. The number of nitrogens with zero attached hydrogens (tertiary/aromatic N) is 2. The Hall–Kier alpha value is -2.90. The van der Waals surface area contributed by atoms with E-state index in [1.165, 1.54) is 21.6 Å². The van der Waals surface area contributed by atoms with Gasteiger partial charge in [0.05, 0.1) is 0 Å². The average molecular weight is 433 g/mol. The summed E-state index contributed by atoms with van der Waals surface area (Å²) in [6.45, 7) is 8.60. The fourth-order valence-corrected chi connectivity index (χ4v) is 3.41. The molecule has 3 N–H and O–H groups in total. The number of benzene rings is 1. The molecule has 1 unspecified atom stereocenters. The molecule has 1 aromatic heterocycles. The second-order valence-corrected chi connectivity index (χ2v) is 8.38. The third-order valence-electron chi connectivity index (χ3n) is 5.37. The molecule has 8 heteroatoms. The number of hydrogen-bond donors (Lipinski definition) is 2. The number of carbonyl (C=O) groups excluding carboxylic acids is 1. The van der Waals surface area contributed by atoms with Crippen molar-refractivity contribution in [3.63, 3.8) is 0 Å². The van der Waals surface area contributed by atoms with Crippen molar-refractivity contribution in [3.05, 3.63) is 56.5 Å². The zero-order chi connectivity index (χ0) is 23.1. The molecule has 0 saturated heterocycles. The molecule has 0 aliphatic carbocycles. The first kappa shape index (κ1) is 24.4. The topological polar surface area (TPSA) is 101 Å². The minimum atomic E-state index is -0.665. The molecule has 1 aromatic carbocycles. The number of halogens is 1. The van der Waals surface area contributed by atoms with Gasteiger partial charge < -0.3 is 10.6 Å². The van der Waals surface area contributed by atoms with E-state index in [1.807, 2.05) is 27.7 Å². The molecule has 1 heterocycles. The lowest BCUT2D eigenvalue weighted by atomic mass is 9.97. The molecule has 0 bridgehead atoms. The first-order valence-electron chi connectivity index (χ1n) is 10.8. The van der Waals surface area contributed by atoms with Crippen LogP contribution in [-0.2, 0) is 11.3 Å². The van der Waals surface area contributed by atoms with Gasteiger partial charge in [0.2, 0.25) is 5.91 Å². The Balaban J connectivity index is 2.41. The predicted molar refractivity (Wildman–Crippen MR) is 122 cm³/mol. The van der Waals surface area contributed by atoms with E-state index in [0.29, 0.717) is 25.4 Å². The van der Waals surface area contributed by atoms with Gasteiger partial charge in [0, 0.05) is 19.5 Å². The van der Waals surface area contributed by atoms with Crippen LogP contribution in [-0.4, -0.2) is 22.0 Å². The van der Waals surface area contributed by atoms with Crippen molar-refractivity contribution >= 4 is 17.4 Å². The highest BCUT2D eigenvalue weighted by atomic mass is 19.1. The number of nitrogens with one attached hydrogen (secondary N) is 1. The first-order valence-corrected chi connectivity index (χ1v) is 10.8. The van der Waals surface area contributed by atoms with Crippen LogP contribution in [0, 0.1) is 11.7 Å². The Labute approximate surface area is 182 Å². The second-order valence-electron chi connectivity index (χ2n) is 8.38. The number of rotatable bonds is 10. The molecule has 0 aliphatic rings. The molecule has 1 atom stereocenters. The molecule has 0 radical (unpaired) electrons. The Bertz CT molecular complexity index is 995. The highest BCUT2D eigenvalue weighted by Gasteiger charge is 2.25. The van der Waals surface area contributed by atoms with Crippen LogP contribution in [0.2, 0.25) is 0 Å². The van der Waals surface area contributed by atoms with E-state index in [0.717, 1.165) is 18.4 Å². The fourth-order valence-electron chi connectivity index (χ4n) is 3.41. The maximum Gasteiger partial charge on any atom is 0.330 e. The van der Waals surface area contributed by atoms with Crippen LogP contribution in [0.15, 0.2) is 33.9 Å². The molecule has 170 valence electrons. The summed E-state index contributed by atoms with van der Waals surface area (Å²) in [5, 5.41) is 0. The molecule has 0 spiro atoms. The first-order chi connectivity index (χ1) is 14.6. The number of unbranched alkanes of at least 4 members (excludes halogenated alkanes) is 1. The van der Waals surface area contributed by atoms with Gasteiger partial charge in [-0.05, 0) is 42.4 Å². The van der Waals surface area contributed by atoms with Crippen molar-refractivity contribution in [1.82, 2.24) is 9.55 Å². The number of aromatic amines is 1. The molecular weight excluding hydrogens is 399 g/mol. The quantitative estimate of drug-likeness (QED) is 0.599. The normalized spacial score (nSPS) is 12.2. The van der Waals surface area contributed by atoms with Crippen molar-refractivity contribution in [1.29, 1.82) is 0 Å². The maximum absolute atomic E-state index is 13.3. The van der Waals surface area contributed by atoms with Crippen LogP contribution < -0.4 is 21.9 Å². The van der Waals surface area contributed by atoms with E-state index in [2.05, 4.69) is 4.98 Å². The van der Waals surface area contributed by atoms with Gasteiger partial charge >= 0.3 is 5.69 Å². The number of anilines is 2. The van der Waals surface area contributed by atoms with Gasteiger partial charge in [-0.1, -0.05) is 46.2 Å². The maximum atomic E-state index is 13.3. The number of aromatic nitrogens is 2. The minimum Gasteiger partial charge on any atom is -0.383 e. The standard InChI is InChI=1S/C23H33FN4O3/c1-5-6-12-28-21(25)20(22(30)26-23(28)31)27(13-11-15(2)3)19(29)14-16(4)17-7-9-18(24)10-8-17/h7-10,15-16H,5-6,11-14,25H2,1-4H3,(H,26,30,31). The van der Waals surface area contributed by atoms with Crippen LogP contribution in [0.3, 0.4) is 0 Å². The van der Waals surface area contributed by atoms with E-state index in [9.17, 15) is 18.8 Å². The summed E-state index contributed by atoms with van der Waals surface area (Å²) in [4.78, 5) is 41.9. The smallest absolute Gasteiger partial charge is 0.330 e. The number of nitrogens with two attached hydrogens (primary N) is 1. The van der Waals surface area contributed by atoms with Crippen molar-refractivity contribution in [3.8, 4) is 0 Å². The monoisotopic (exact) mass is 432 g/mol. The summed E-state index contributed by atoms with van der Waals surface area (Å²) >= 11 is 0. The highest BCUT2D eigenvalue weighted by Crippen LogP contribution is 2.24. The molecular formula is C23H33FN4O3. The largest absolute Gasteiger partial charge is 0.383 e. The van der Waals surface area contributed by atoms with Crippen molar-refractivity contribution in [2.45, 2.75) is 65.8 Å². The molecule has 0 saturated carbocycles.